The first-order valence-corrected chi connectivity index (χ1v) is 8.33. The summed E-state index contributed by atoms with van der Waals surface area (Å²) in [6.07, 6.45) is 4.20. The highest BCUT2D eigenvalue weighted by atomic mass is 16.2. The molecule has 1 N–H and O–H groups in total. The van der Waals surface area contributed by atoms with Gasteiger partial charge in [0, 0.05) is 19.1 Å². The van der Waals surface area contributed by atoms with Crippen LogP contribution in [0.4, 0.5) is 0 Å². The van der Waals surface area contributed by atoms with Crippen molar-refractivity contribution in [2.45, 2.75) is 51.5 Å². The summed E-state index contributed by atoms with van der Waals surface area (Å²) in [5.41, 5.74) is 1.15. The molecule has 3 heteroatoms. The molecule has 1 unspecified atom stereocenters. The second-order valence-corrected chi connectivity index (χ2v) is 5.93. The van der Waals surface area contributed by atoms with Crippen molar-refractivity contribution < 1.29 is 4.79 Å². The number of nitrogens with zero attached hydrogens (tertiary/aromatic N) is 1. The van der Waals surface area contributed by atoms with Crippen LogP contribution >= 0.6 is 0 Å². The fourth-order valence-electron chi connectivity index (χ4n) is 3.11. The maximum atomic E-state index is 12.8. The molecule has 0 aromatic heterocycles. The monoisotopic (exact) mass is 288 g/mol. The van der Waals surface area contributed by atoms with Crippen LogP contribution in [0.2, 0.25) is 0 Å². The van der Waals surface area contributed by atoms with E-state index < -0.39 is 0 Å². The van der Waals surface area contributed by atoms with Gasteiger partial charge >= 0.3 is 0 Å². The molecule has 116 valence electrons. The minimum absolute atomic E-state index is 0.0198. The summed E-state index contributed by atoms with van der Waals surface area (Å²) < 4.78 is 0. The summed E-state index contributed by atoms with van der Waals surface area (Å²) >= 11 is 0. The Morgan fingerprint density at radius 2 is 1.90 bits per heavy atom. The third kappa shape index (κ3) is 4.31. The molecule has 0 spiro atoms. The molecule has 1 aromatic carbocycles. The van der Waals surface area contributed by atoms with Gasteiger partial charge in [0.2, 0.25) is 5.91 Å². The Kier molecular flexibility index (Phi) is 6.24. The molecular formula is C18H28N2O. The predicted molar refractivity (Wildman–Crippen MR) is 87.4 cm³/mol. The molecule has 1 amide bonds. The summed E-state index contributed by atoms with van der Waals surface area (Å²) in [7, 11) is 0. The Hall–Kier alpha value is -1.35. The van der Waals surface area contributed by atoms with E-state index in [9.17, 15) is 4.79 Å². The molecule has 1 saturated heterocycles. The van der Waals surface area contributed by atoms with Crippen LogP contribution in [-0.4, -0.2) is 36.5 Å². The van der Waals surface area contributed by atoms with Crippen molar-refractivity contribution in [3.05, 3.63) is 35.9 Å². The van der Waals surface area contributed by atoms with E-state index in [1.165, 1.54) is 6.42 Å². The fourth-order valence-corrected chi connectivity index (χ4v) is 3.11. The van der Waals surface area contributed by atoms with E-state index in [0.29, 0.717) is 11.9 Å². The van der Waals surface area contributed by atoms with Gasteiger partial charge in [0.1, 0.15) is 0 Å². The minimum atomic E-state index is 0.0198. The van der Waals surface area contributed by atoms with E-state index >= 15 is 0 Å². The van der Waals surface area contributed by atoms with Crippen molar-refractivity contribution >= 4 is 5.91 Å². The van der Waals surface area contributed by atoms with E-state index in [1.54, 1.807) is 0 Å². The third-order valence-corrected chi connectivity index (χ3v) is 4.40. The van der Waals surface area contributed by atoms with Crippen LogP contribution in [0.1, 0.15) is 51.0 Å². The molecule has 1 fully saturated rings. The molecule has 0 bridgehead atoms. The van der Waals surface area contributed by atoms with Gasteiger partial charge in [-0.15, -0.1) is 0 Å². The molecule has 1 aliphatic rings. The number of hydrogen-bond acceptors (Lipinski definition) is 2. The van der Waals surface area contributed by atoms with E-state index in [1.807, 2.05) is 18.2 Å². The van der Waals surface area contributed by atoms with Crippen molar-refractivity contribution in [3.8, 4) is 0 Å². The Morgan fingerprint density at radius 3 is 2.48 bits per heavy atom. The quantitative estimate of drug-likeness (QED) is 0.872. The molecule has 1 aliphatic heterocycles. The van der Waals surface area contributed by atoms with Crippen LogP contribution in [0.25, 0.3) is 0 Å². The van der Waals surface area contributed by atoms with Crippen LogP contribution in [-0.2, 0) is 4.79 Å². The molecular weight excluding hydrogens is 260 g/mol. The summed E-state index contributed by atoms with van der Waals surface area (Å²) in [6, 6.07) is 10.8. The van der Waals surface area contributed by atoms with Gasteiger partial charge in [-0.2, -0.15) is 0 Å². The van der Waals surface area contributed by atoms with Crippen molar-refractivity contribution in [1.82, 2.24) is 10.2 Å². The largest absolute Gasteiger partial charge is 0.342 e. The first kappa shape index (κ1) is 16.0. The highest BCUT2D eigenvalue weighted by molar-refractivity contribution is 5.83. The van der Waals surface area contributed by atoms with Crippen LogP contribution < -0.4 is 5.32 Å². The normalized spacial score (nSPS) is 17.7. The standard InChI is InChI=1S/C18H28N2O/c1-3-12-19-16-10-13-20(14-11-16)18(21)17(4-2)15-8-6-5-7-9-15/h5-9,16-17,19H,3-4,10-14H2,1-2H3. The SMILES string of the molecule is CCCNC1CCN(C(=O)C(CC)c2ccccc2)CC1. The van der Waals surface area contributed by atoms with Gasteiger partial charge in [-0.3, -0.25) is 4.79 Å². The lowest BCUT2D eigenvalue weighted by Gasteiger charge is -2.34. The zero-order valence-electron chi connectivity index (χ0n) is 13.3. The molecule has 21 heavy (non-hydrogen) atoms. The van der Waals surface area contributed by atoms with Gasteiger partial charge < -0.3 is 10.2 Å². The van der Waals surface area contributed by atoms with E-state index in [-0.39, 0.29) is 5.92 Å². The molecule has 0 radical (unpaired) electrons. The number of rotatable bonds is 6. The third-order valence-electron chi connectivity index (χ3n) is 4.40. The second kappa shape index (κ2) is 8.18. The maximum Gasteiger partial charge on any atom is 0.230 e. The van der Waals surface area contributed by atoms with Crippen molar-refractivity contribution in [3.63, 3.8) is 0 Å². The molecule has 1 aromatic rings. The molecule has 3 nitrogen and oxygen atoms in total. The number of amides is 1. The predicted octanol–water partition coefficient (Wildman–Crippen LogP) is 3.17. The second-order valence-electron chi connectivity index (χ2n) is 5.93. The van der Waals surface area contributed by atoms with E-state index in [0.717, 1.165) is 44.5 Å². The summed E-state index contributed by atoms with van der Waals surface area (Å²) in [4.78, 5) is 14.8. The van der Waals surface area contributed by atoms with Gasteiger partial charge in [0.25, 0.3) is 0 Å². The van der Waals surface area contributed by atoms with Crippen molar-refractivity contribution in [2.24, 2.45) is 0 Å². The lowest BCUT2D eigenvalue weighted by Crippen LogP contribution is -2.46. The van der Waals surface area contributed by atoms with Crippen LogP contribution in [0.15, 0.2) is 30.3 Å². The zero-order valence-corrected chi connectivity index (χ0v) is 13.3. The number of likely N-dealkylation sites (tertiary alicyclic amines) is 1. The summed E-state index contributed by atoms with van der Waals surface area (Å²) in [6.45, 7) is 7.16. The minimum Gasteiger partial charge on any atom is -0.342 e. The average molecular weight is 288 g/mol. The van der Waals surface area contributed by atoms with Gasteiger partial charge in [-0.05, 0) is 37.8 Å². The van der Waals surface area contributed by atoms with Gasteiger partial charge in [-0.25, -0.2) is 0 Å². The highest BCUT2D eigenvalue weighted by Crippen LogP contribution is 2.24. The number of carbonyl (C=O) groups excluding carboxylic acids is 1. The number of benzene rings is 1. The molecule has 0 saturated carbocycles. The average Bonchev–Trinajstić information content (AvgIpc) is 2.55. The van der Waals surface area contributed by atoms with Crippen LogP contribution in [0.3, 0.4) is 0 Å². The molecule has 0 aliphatic carbocycles. The Morgan fingerprint density at radius 1 is 1.24 bits per heavy atom. The number of piperidine rings is 1. The molecule has 2 rings (SSSR count). The molecule has 1 heterocycles. The lowest BCUT2D eigenvalue weighted by molar-refractivity contribution is -0.134. The zero-order chi connectivity index (χ0) is 15.1. The number of nitrogens with one attached hydrogen (secondary N) is 1. The highest BCUT2D eigenvalue weighted by Gasteiger charge is 2.27. The van der Waals surface area contributed by atoms with Gasteiger partial charge in [-0.1, -0.05) is 44.2 Å². The Labute approximate surface area is 128 Å². The van der Waals surface area contributed by atoms with Gasteiger partial charge in [0.05, 0.1) is 5.92 Å². The van der Waals surface area contributed by atoms with E-state index in [4.69, 9.17) is 0 Å². The van der Waals surface area contributed by atoms with Crippen molar-refractivity contribution in [2.75, 3.05) is 19.6 Å². The Balaban J connectivity index is 1.91. The van der Waals surface area contributed by atoms with Gasteiger partial charge in [0.15, 0.2) is 0 Å². The summed E-state index contributed by atoms with van der Waals surface area (Å²) in [5.74, 6) is 0.323. The van der Waals surface area contributed by atoms with Crippen LogP contribution in [0, 0.1) is 0 Å². The van der Waals surface area contributed by atoms with Crippen LogP contribution in [0.5, 0.6) is 0 Å². The topological polar surface area (TPSA) is 32.3 Å². The fraction of sp³-hybridized carbons (Fsp3) is 0.611. The van der Waals surface area contributed by atoms with Crippen molar-refractivity contribution in [1.29, 1.82) is 0 Å². The summed E-state index contributed by atoms with van der Waals surface area (Å²) in [5, 5.41) is 3.57. The lowest BCUT2D eigenvalue weighted by atomic mass is 9.93. The first-order valence-electron chi connectivity index (χ1n) is 8.33. The Bertz CT molecular complexity index is 424. The van der Waals surface area contributed by atoms with E-state index in [2.05, 4.69) is 36.2 Å². The molecule has 1 atom stereocenters. The maximum absolute atomic E-state index is 12.8. The number of carbonyl (C=O) groups is 1. The first-order chi connectivity index (χ1) is 10.3. The number of hydrogen-bond donors (Lipinski definition) is 1. The smallest absolute Gasteiger partial charge is 0.230 e.